The van der Waals surface area contributed by atoms with E-state index >= 15 is 0 Å². The number of phenolic OH excluding ortho intramolecular Hbond substituents is 1. The zero-order valence-electron chi connectivity index (χ0n) is 12.8. The minimum absolute atomic E-state index is 0.00245. The number of nitrogens with zero attached hydrogens (tertiary/aromatic N) is 2. The highest BCUT2D eigenvalue weighted by Gasteiger charge is 2.21. The standard InChI is InChI=1S/C17H16N4O2/c1-8-5-6-11(22)9(2)12(8)13-14(18)16(17(19)23)21-10-4-3-7-20-15(10)13/h3-7,22H,18H2,1-2H3,(H2,19,23). The molecule has 0 aliphatic carbocycles. The Morgan fingerprint density at radius 3 is 2.61 bits per heavy atom. The van der Waals surface area contributed by atoms with Crippen LogP contribution in [-0.2, 0) is 0 Å². The second-order valence-corrected chi connectivity index (χ2v) is 5.39. The summed E-state index contributed by atoms with van der Waals surface area (Å²) >= 11 is 0. The van der Waals surface area contributed by atoms with Gasteiger partial charge in [-0.05, 0) is 48.7 Å². The first-order valence-corrected chi connectivity index (χ1v) is 7.05. The van der Waals surface area contributed by atoms with E-state index < -0.39 is 5.91 Å². The van der Waals surface area contributed by atoms with E-state index in [9.17, 15) is 9.90 Å². The van der Waals surface area contributed by atoms with Gasteiger partial charge in [-0.25, -0.2) is 4.98 Å². The van der Waals surface area contributed by atoms with Crippen LogP contribution in [0.15, 0.2) is 30.5 Å². The number of carbonyl (C=O) groups is 1. The van der Waals surface area contributed by atoms with E-state index in [0.717, 1.165) is 11.1 Å². The van der Waals surface area contributed by atoms with Crippen molar-refractivity contribution in [3.05, 3.63) is 47.3 Å². The van der Waals surface area contributed by atoms with Crippen molar-refractivity contribution in [1.29, 1.82) is 0 Å². The van der Waals surface area contributed by atoms with Crippen molar-refractivity contribution in [2.45, 2.75) is 13.8 Å². The van der Waals surface area contributed by atoms with Gasteiger partial charge >= 0.3 is 0 Å². The topological polar surface area (TPSA) is 115 Å². The first-order chi connectivity index (χ1) is 10.9. The summed E-state index contributed by atoms with van der Waals surface area (Å²) in [5, 5.41) is 10.1. The average Bonchev–Trinajstić information content (AvgIpc) is 2.52. The second-order valence-electron chi connectivity index (χ2n) is 5.39. The second kappa shape index (κ2) is 5.24. The van der Waals surface area contributed by atoms with Crippen molar-refractivity contribution in [3.8, 4) is 16.9 Å². The molecule has 5 N–H and O–H groups in total. The van der Waals surface area contributed by atoms with Crippen molar-refractivity contribution in [2.75, 3.05) is 5.73 Å². The largest absolute Gasteiger partial charge is 0.508 e. The van der Waals surface area contributed by atoms with Gasteiger partial charge in [0.1, 0.15) is 5.75 Å². The molecule has 0 aliphatic heterocycles. The van der Waals surface area contributed by atoms with E-state index in [1.807, 2.05) is 6.92 Å². The van der Waals surface area contributed by atoms with Crippen molar-refractivity contribution in [2.24, 2.45) is 5.73 Å². The minimum Gasteiger partial charge on any atom is -0.508 e. The molecule has 0 fully saturated rings. The van der Waals surface area contributed by atoms with Crippen molar-refractivity contribution >= 4 is 22.6 Å². The molecule has 0 radical (unpaired) electrons. The number of amides is 1. The molecule has 3 rings (SSSR count). The molecule has 1 aromatic carbocycles. The molecule has 0 saturated carbocycles. The van der Waals surface area contributed by atoms with Crippen molar-refractivity contribution in [1.82, 2.24) is 9.97 Å². The number of aromatic hydroxyl groups is 1. The summed E-state index contributed by atoms with van der Waals surface area (Å²) in [6, 6.07) is 6.87. The molecular formula is C17H16N4O2. The molecule has 6 heteroatoms. The molecule has 116 valence electrons. The van der Waals surface area contributed by atoms with Crippen LogP contribution in [0.25, 0.3) is 22.2 Å². The number of anilines is 1. The summed E-state index contributed by atoms with van der Waals surface area (Å²) in [5.74, 6) is -0.559. The number of carbonyl (C=O) groups excluding carboxylic acids is 1. The Morgan fingerprint density at radius 1 is 1.17 bits per heavy atom. The van der Waals surface area contributed by atoms with Gasteiger partial charge in [-0.1, -0.05) is 6.07 Å². The highest BCUT2D eigenvalue weighted by molar-refractivity contribution is 6.08. The first kappa shape index (κ1) is 14.8. The quantitative estimate of drug-likeness (QED) is 0.672. The number of primary amides is 1. The number of aromatic nitrogens is 2. The molecular weight excluding hydrogens is 292 g/mol. The zero-order valence-corrected chi connectivity index (χ0v) is 12.8. The monoisotopic (exact) mass is 308 g/mol. The number of hydrogen-bond acceptors (Lipinski definition) is 5. The van der Waals surface area contributed by atoms with Crippen LogP contribution in [0, 0.1) is 13.8 Å². The van der Waals surface area contributed by atoms with Gasteiger partial charge in [-0.15, -0.1) is 0 Å². The lowest BCUT2D eigenvalue weighted by atomic mass is 9.92. The van der Waals surface area contributed by atoms with E-state index in [4.69, 9.17) is 11.5 Å². The number of nitrogens with two attached hydrogens (primary N) is 2. The summed E-state index contributed by atoms with van der Waals surface area (Å²) in [6.45, 7) is 3.69. The van der Waals surface area contributed by atoms with E-state index in [0.29, 0.717) is 22.2 Å². The number of hydrogen-bond donors (Lipinski definition) is 3. The van der Waals surface area contributed by atoms with Crippen molar-refractivity contribution in [3.63, 3.8) is 0 Å². The molecule has 2 heterocycles. The molecule has 23 heavy (non-hydrogen) atoms. The SMILES string of the molecule is Cc1ccc(O)c(C)c1-c1c(N)c(C(N)=O)nc2cccnc12. The summed E-state index contributed by atoms with van der Waals surface area (Å²) in [5.41, 5.74) is 15.7. The Kier molecular flexibility index (Phi) is 3.37. The summed E-state index contributed by atoms with van der Waals surface area (Å²) in [7, 11) is 0. The van der Waals surface area contributed by atoms with E-state index in [1.165, 1.54) is 0 Å². The Hall–Kier alpha value is -3.15. The highest BCUT2D eigenvalue weighted by Crippen LogP contribution is 2.40. The van der Waals surface area contributed by atoms with Crippen LogP contribution in [0.4, 0.5) is 5.69 Å². The predicted molar refractivity (Wildman–Crippen MR) is 89.0 cm³/mol. The maximum atomic E-state index is 11.7. The van der Waals surface area contributed by atoms with Crippen LogP contribution < -0.4 is 11.5 Å². The number of pyridine rings is 2. The maximum Gasteiger partial charge on any atom is 0.269 e. The highest BCUT2D eigenvalue weighted by atomic mass is 16.3. The molecule has 0 unspecified atom stereocenters. The van der Waals surface area contributed by atoms with E-state index in [1.54, 1.807) is 37.4 Å². The van der Waals surface area contributed by atoms with E-state index in [2.05, 4.69) is 9.97 Å². The lowest BCUT2D eigenvalue weighted by Crippen LogP contribution is -2.17. The summed E-state index contributed by atoms with van der Waals surface area (Å²) < 4.78 is 0. The molecule has 0 atom stereocenters. The van der Waals surface area contributed by atoms with Crippen molar-refractivity contribution < 1.29 is 9.90 Å². The first-order valence-electron chi connectivity index (χ1n) is 7.05. The Morgan fingerprint density at radius 2 is 1.91 bits per heavy atom. The Bertz CT molecular complexity index is 951. The van der Waals surface area contributed by atoms with E-state index in [-0.39, 0.29) is 17.1 Å². The van der Waals surface area contributed by atoms with Gasteiger partial charge in [0.25, 0.3) is 5.91 Å². The third-order valence-electron chi connectivity index (χ3n) is 3.91. The number of fused-ring (bicyclic) bond motifs is 1. The number of nitrogen functional groups attached to an aromatic ring is 1. The lowest BCUT2D eigenvalue weighted by molar-refractivity contribution is 0.0997. The van der Waals surface area contributed by atoms with Gasteiger partial charge in [-0.2, -0.15) is 0 Å². The molecule has 3 aromatic rings. The molecule has 0 spiro atoms. The van der Waals surface area contributed by atoms with Crippen LogP contribution >= 0.6 is 0 Å². The van der Waals surface area contributed by atoms with Crippen LogP contribution in [0.3, 0.4) is 0 Å². The van der Waals surface area contributed by atoms with Crippen LogP contribution in [0.5, 0.6) is 5.75 Å². The molecule has 6 nitrogen and oxygen atoms in total. The number of benzene rings is 1. The predicted octanol–water partition coefficient (Wildman–Crippen LogP) is 2.30. The fourth-order valence-corrected chi connectivity index (χ4v) is 2.77. The molecule has 0 aliphatic rings. The van der Waals surface area contributed by atoms with Crippen LogP contribution in [-0.4, -0.2) is 21.0 Å². The normalized spacial score (nSPS) is 10.9. The third-order valence-corrected chi connectivity index (χ3v) is 3.91. The zero-order chi connectivity index (χ0) is 16.7. The molecule has 2 aromatic heterocycles. The van der Waals surface area contributed by atoms with Crippen LogP contribution in [0.1, 0.15) is 21.6 Å². The van der Waals surface area contributed by atoms with Gasteiger partial charge in [0.2, 0.25) is 0 Å². The fourth-order valence-electron chi connectivity index (χ4n) is 2.77. The molecule has 0 bridgehead atoms. The number of aryl methyl sites for hydroxylation is 1. The van der Waals surface area contributed by atoms with Crippen LogP contribution in [0.2, 0.25) is 0 Å². The fraction of sp³-hybridized carbons (Fsp3) is 0.118. The molecule has 0 saturated heterocycles. The van der Waals surface area contributed by atoms with Gasteiger partial charge in [-0.3, -0.25) is 9.78 Å². The molecule has 1 amide bonds. The minimum atomic E-state index is -0.704. The summed E-state index contributed by atoms with van der Waals surface area (Å²) in [6.07, 6.45) is 1.63. The third kappa shape index (κ3) is 2.24. The van der Waals surface area contributed by atoms with Gasteiger partial charge in [0, 0.05) is 11.8 Å². The van der Waals surface area contributed by atoms with Gasteiger partial charge < -0.3 is 16.6 Å². The summed E-state index contributed by atoms with van der Waals surface area (Å²) in [4.78, 5) is 20.3. The lowest BCUT2D eigenvalue weighted by Gasteiger charge is -2.17. The smallest absolute Gasteiger partial charge is 0.269 e. The van der Waals surface area contributed by atoms with Gasteiger partial charge in [0.15, 0.2) is 5.69 Å². The maximum absolute atomic E-state index is 11.7. The Balaban J connectivity index is 2.53. The number of phenols is 1. The Labute approximate surface area is 132 Å². The van der Waals surface area contributed by atoms with Gasteiger partial charge in [0.05, 0.1) is 16.7 Å². The number of rotatable bonds is 2. The average molecular weight is 308 g/mol.